The van der Waals surface area contributed by atoms with E-state index in [1.807, 2.05) is 5.38 Å². The normalized spacial score (nSPS) is 16.3. The Bertz CT molecular complexity index is 1040. The molecule has 1 aliphatic carbocycles. The van der Waals surface area contributed by atoms with Gasteiger partial charge in [0.25, 0.3) is 0 Å². The molecule has 0 aromatic carbocycles. The summed E-state index contributed by atoms with van der Waals surface area (Å²) in [4.78, 5) is 17.7. The van der Waals surface area contributed by atoms with Crippen molar-refractivity contribution < 1.29 is 5.11 Å². The van der Waals surface area contributed by atoms with Crippen LogP contribution in [0.1, 0.15) is 24.1 Å². The van der Waals surface area contributed by atoms with Crippen LogP contribution in [0.5, 0.6) is 0 Å². The van der Waals surface area contributed by atoms with E-state index in [0.29, 0.717) is 39.9 Å². The maximum Gasteiger partial charge on any atom is 0.141 e. The van der Waals surface area contributed by atoms with Gasteiger partial charge in [0.05, 0.1) is 29.9 Å². The molecule has 0 radical (unpaired) electrons. The van der Waals surface area contributed by atoms with Gasteiger partial charge in [-0.1, -0.05) is 6.08 Å². The Labute approximate surface area is 153 Å². The molecule has 0 fully saturated rings. The number of hydrogen-bond donors (Lipinski definition) is 2. The van der Waals surface area contributed by atoms with E-state index in [1.165, 1.54) is 11.3 Å². The molecule has 3 aromatic rings. The van der Waals surface area contributed by atoms with Gasteiger partial charge in [-0.15, -0.1) is 11.3 Å². The molecule has 0 aliphatic heterocycles. The Morgan fingerprint density at radius 2 is 2.08 bits per heavy atom. The minimum Gasteiger partial charge on any atom is -0.398 e. The second-order valence-electron chi connectivity index (χ2n) is 5.86. The Hall–Kier alpha value is -3.15. The van der Waals surface area contributed by atoms with E-state index in [0.717, 1.165) is 12.0 Å². The SMILES string of the molecule is N#Cc1c(N)cc(-c2nccs2)nc1-c1cncc(C2=CC(O)CC2)n1. The van der Waals surface area contributed by atoms with Gasteiger partial charge < -0.3 is 10.8 Å². The van der Waals surface area contributed by atoms with E-state index in [1.54, 1.807) is 30.7 Å². The number of thiazole rings is 1. The Kier molecular flexibility index (Phi) is 4.16. The summed E-state index contributed by atoms with van der Waals surface area (Å²) in [6, 6.07) is 3.75. The lowest BCUT2D eigenvalue weighted by Crippen LogP contribution is -2.02. The predicted octanol–water partition coefficient (Wildman–Crippen LogP) is 2.65. The van der Waals surface area contributed by atoms with Crippen LogP contribution in [0.3, 0.4) is 0 Å². The molecule has 8 heteroatoms. The van der Waals surface area contributed by atoms with Crippen LogP contribution in [0.2, 0.25) is 0 Å². The van der Waals surface area contributed by atoms with E-state index in [4.69, 9.17) is 5.73 Å². The maximum absolute atomic E-state index is 9.71. The number of pyridine rings is 1. The smallest absolute Gasteiger partial charge is 0.141 e. The van der Waals surface area contributed by atoms with E-state index < -0.39 is 6.10 Å². The molecular formula is C18H14N6OS. The zero-order valence-electron chi connectivity index (χ0n) is 13.6. The molecule has 128 valence electrons. The lowest BCUT2D eigenvalue weighted by atomic mass is 10.1. The van der Waals surface area contributed by atoms with Gasteiger partial charge in [-0.2, -0.15) is 5.26 Å². The third kappa shape index (κ3) is 2.94. The number of nitriles is 1. The van der Waals surface area contributed by atoms with Gasteiger partial charge in [-0.25, -0.2) is 15.0 Å². The summed E-state index contributed by atoms with van der Waals surface area (Å²) in [6.07, 6.45) is 7.64. The number of aromatic nitrogens is 4. The third-order valence-electron chi connectivity index (χ3n) is 4.12. The van der Waals surface area contributed by atoms with Crippen molar-refractivity contribution in [3.05, 3.63) is 47.4 Å². The van der Waals surface area contributed by atoms with Gasteiger partial charge in [0.2, 0.25) is 0 Å². The molecule has 0 saturated carbocycles. The fraction of sp³-hybridized carbons (Fsp3) is 0.167. The van der Waals surface area contributed by atoms with E-state index in [9.17, 15) is 10.4 Å². The number of anilines is 1. The molecule has 1 atom stereocenters. The largest absolute Gasteiger partial charge is 0.398 e. The Morgan fingerprint density at radius 3 is 2.77 bits per heavy atom. The minimum absolute atomic E-state index is 0.261. The van der Waals surface area contributed by atoms with Gasteiger partial charge in [0.1, 0.15) is 33.7 Å². The molecule has 4 rings (SSSR count). The minimum atomic E-state index is -0.452. The standard InChI is InChI=1S/C18H14N6OS/c19-7-12-13(20)6-14(18-22-3-4-26-18)24-17(12)16-9-21-8-15(23-16)10-1-2-11(25)5-10/h3-6,8-9,11,25H,1-2H2,(H2,20,24). The highest BCUT2D eigenvalue weighted by molar-refractivity contribution is 7.13. The third-order valence-corrected chi connectivity index (χ3v) is 4.92. The quantitative estimate of drug-likeness (QED) is 0.734. The first-order chi connectivity index (χ1) is 12.7. The number of nitrogens with zero attached hydrogens (tertiary/aromatic N) is 5. The summed E-state index contributed by atoms with van der Waals surface area (Å²) >= 11 is 1.44. The second kappa shape index (κ2) is 6.63. The highest BCUT2D eigenvalue weighted by Crippen LogP contribution is 2.32. The second-order valence-corrected chi connectivity index (χ2v) is 6.75. The van der Waals surface area contributed by atoms with Gasteiger partial charge in [-0.05, 0) is 24.5 Å². The summed E-state index contributed by atoms with van der Waals surface area (Å²) in [6.45, 7) is 0. The molecule has 0 spiro atoms. The number of allylic oxidation sites excluding steroid dienone is 1. The van der Waals surface area contributed by atoms with Crippen molar-refractivity contribution in [1.82, 2.24) is 19.9 Å². The van der Waals surface area contributed by atoms with Crippen molar-refractivity contribution in [2.24, 2.45) is 0 Å². The fourth-order valence-electron chi connectivity index (χ4n) is 2.88. The lowest BCUT2D eigenvalue weighted by Gasteiger charge is -2.09. The molecule has 0 amide bonds. The maximum atomic E-state index is 9.71. The predicted molar refractivity (Wildman–Crippen MR) is 98.7 cm³/mol. The first-order valence-corrected chi connectivity index (χ1v) is 8.85. The van der Waals surface area contributed by atoms with Gasteiger partial charge >= 0.3 is 0 Å². The molecule has 26 heavy (non-hydrogen) atoms. The van der Waals surface area contributed by atoms with Gasteiger partial charge in [0, 0.05) is 11.6 Å². The van der Waals surface area contributed by atoms with Crippen LogP contribution in [0.25, 0.3) is 27.7 Å². The summed E-state index contributed by atoms with van der Waals surface area (Å²) in [5.74, 6) is 0. The molecule has 7 nitrogen and oxygen atoms in total. The van der Waals surface area contributed by atoms with Gasteiger partial charge in [0.15, 0.2) is 0 Å². The molecule has 1 unspecified atom stereocenters. The fourth-order valence-corrected chi connectivity index (χ4v) is 3.48. The van der Waals surface area contributed by atoms with E-state index in [2.05, 4.69) is 26.0 Å². The van der Waals surface area contributed by atoms with Crippen molar-refractivity contribution in [1.29, 1.82) is 5.26 Å². The van der Waals surface area contributed by atoms with Crippen molar-refractivity contribution >= 4 is 22.6 Å². The van der Waals surface area contributed by atoms with Crippen LogP contribution in [-0.2, 0) is 0 Å². The highest BCUT2D eigenvalue weighted by atomic mass is 32.1. The molecule has 3 aromatic heterocycles. The lowest BCUT2D eigenvalue weighted by molar-refractivity contribution is 0.223. The monoisotopic (exact) mass is 362 g/mol. The van der Waals surface area contributed by atoms with Crippen LogP contribution in [-0.4, -0.2) is 31.1 Å². The van der Waals surface area contributed by atoms with Crippen LogP contribution >= 0.6 is 11.3 Å². The summed E-state index contributed by atoms with van der Waals surface area (Å²) in [5.41, 5.74) is 9.71. The summed E-state index contributed by atoms with van der Waals surface area (Å²) in [7, 11) is 0. The highest BCUT2D eigenvalue weighted by Gasteiger charge is 2.19. The number of aliphatic hydroxyl groups is 1. The van der Waals surface area contributed by atoms with Crippen LogP contribution in [0.15, 0.2) is 36.1 Å². The molecule has 0 bridgehead atoms. The zero-order valence-corrected chi connectivity index (χ0v) is 14.4. The van der Waals surface area contributed by atoms with Crippen LogP contribution in [0, 0.1) is 11.3 Å². The van der Waals surface area contributed by atoms with E-state index >= 15 is 0 Å². The first-order valence-electron chi connectivity index (χ1n) is 7.97. The number of aliphatic hydroxyl groups excluding tert-OH is 1. The number of rotatable bonds is 3. The topological polar surface area (TPSA) is 122 Å². The van der Waals surface area contributed by atoms with Crippen molar-refractivity contribution in [2.45, 2.75) is 18.9 Å². The molecule has 3 N–H and O–H groups in total. The molecular weight excluding hydrogens is 348 g/mol. The molecule has 1 aliphatic rings. The zero-order chi connectivity index (χ0) is 18.1. The van der Waals surface area contributed by atoms with Crippen molar-refractivity contribution in [3.8, 4) is 28.2 Å². The van der Waals surface area contributed by atoms with Crippen LogP contribution in [0.4, 0.5) is 5.69 Å². The Balaban J connectivity index is 1.85. The van der Waals surface area contributed by atoms with E-state index in [-0.39, 0.29) is 5.56 Å². The summed E-state index contributed by atoms with van der Waals surface area (Å²) in [5, 5.41) is 21.8. The molecule has 3 heterocycles. The van der Waals surface area contributed by atoms with Gasteiger partial charge in [-0.3, -0.25) is 4.98 Å². The average Bonchev–Trinajstić information content (AvgIpc) is 3.33. The summed E-state index contributed by atoms with van der Waals surface area (Å²) < 4.78 is 0. The van der Waals surface area contributed by atoms with Crippen molar-refractivity contribution in [2.75, 3.05) is 5.73 Å². The average molecular weight is 362 g/mol. The number of hydrogen-bond acceptors (Lipinski definition) is 8. The Morgan fingerprint density at radius 1 is 1.23 bits per heavy atom. The number of nitrogens with two attached hydrogens (primary N) is 1. The van der Waals surface area contributed by atoms with Crippen molar-refractivity contribution in [3.63, 3.8) is 0 Å². The number of nitrogen functional groups attached to an aromatic ring is 1. The van der Waals surface area contributed by atoms with Crippen LogP contribution < -0.4 is 5.73 Å². The first kappa shape index (κ1) is 16.3. The molecule has 0 saturated heterocycles.